The number of hydrogen-bond acceptors (Lipinski definition) is 2. The van der Waals surface area contributed by atoms with E-state index < -0.39 is 0 Å². The van der Waals surface area contributed by atoms with Gasteiger partial charge in [0.25, 0.3) is 0 Å². The highest BCUT2D eigenvalue weighted by Crippen LogP contribution is 2.13. The van der Waals surface area contributed by atoms with Crippen LogP contribution < -0.4 is 0 Å². The minimum Gasteiger partial charge on any atom is -0.191 e. The number of nitrogens with zero attached hydrogens (tertiary/aromatic N) is 2. The van der Waals surface area contributed by atoms with Crippen molar-refractivity contribution in [3.05, 3.63) is 0 Å². The van der Waals surface area contributed by atoms with E-state index in [4.69, 9.17) is 0 Å². The van der Waals surface area contributed by atoms with Crippen molar-refractivity contribution in [1.29, 1.82) is 0 Å². The molecule has 1 rings (SSSR count). The van der Waals surface area contributed by atoms with Crippen molar-refractivity contribution >= 4 is 0 Å². The molecule has 0 aromatic rings. The van der Waals surface area contributed by atoms with E-state index in [0.717, 1.165) is 6.42 Å². The molecule has 2 nitrogen and oxygen atoms in total. The van der Waals surface area contributed by atoms with Gasteiger partial charge in [0.1, 0.15) is 0 Å². The summed E-state index contributed by atoms with van der Waals surface area (Å²) in [4.78, 5) is 0. The Balaban J connectivity index is 2.42. The van der Waals surface area contributed by atoms with Crippen LogP contribution in [0.2, 0.25) is 0 Å². The molecule has 0 amide bonds. The van der Waals surface area contributed by atoms with E-state index in [1.165, 1.54) is 0 Å². The van der Waals surface area contributed by atoms with Crippen molar-refractivity contribution in [2.75, 3.05) is 0 Å². The van der Waals surface area contributed by atoms with Crippen LogP contribution in [0, 0.1) is 0 Å². The SMILES string of the molecule is C[C@@H]1C[C@H](C)N=N1. The smallest absolute Gasteiger partial charge is 0.0701 e. The molecule has 1 aliphatic heterocycles. The topological polar surface area (TPSA) is 24.7 Å². The van der Waals surface area contributed by atoms with Gasteiger partial charge in [0.15, 0.2) is 0 Å². The molecule has 2 atom stereocenters. The van der Waals surface area contributed by atoms with Gasteiger partial charge in [-0.2, -0.15) is 10.2 Å². The van der Waals surface area contributed by atoms with E-state index in [1.54, 1.807) is 0 Å². The van der Waals surface area contributed by atoms with Crippen LogP contribution in [0.4, 0.5) is 0 Å². The minimum atomic E-state index is 0.481. The van der Waals surface area contributed by atoms with Crippen LogP contribution in [0.15, 0.2) is 10.2 Å². The van der Waals surface area contributed by atoms with E-state index >= 15 is 0 Å². The summed E-state index contributed by atoms with van der Waals surface area (Å²) in [5.41, 5.74) is 0. The first kappa shape index (κ1) is 4.75. The molecule has 0 fully saturated rings. The highest BCUT2D eigenvalue weighted by atomic mass is 15.2. The third-order valence-electron chi connectivity index (χ3n) is 1.14. The lowest BCUT2D eigenvalue weighted by Crippen LogP contribution is -1.97. The maximum absolute atomic E-state index is 3.94. The van der Waals surface area contributed by atoms with Gasteiger partial charge in [-0.05, 0) is 20.3 Å². The maximum Gasteiger partial charge on any atom is 0.0701 e. The summed E-state index contributed by atoms with van der Waals surface area (Å²) < 4.78 is 0. The Labute approximate surface area is 43.6 Å². The quantitative estimate of drug-likeness (QED) is 0.440. The van der Waals surface area contributed by atoms with Crippen LogP contribution in [0.3, 0.4) is 0 Å². The van der Waals surface area contributed by atoms with Crippen LogP contribution in [-0.2, 0) is 0 Å². The lowest BCUT2D eigenvalue weighted by atomic mass is 10.2. The zero-order valence-electron chi connectivity index (χ0n) is 4.76. The van der Waals surface area contributed by atoms with Gasteiger partial charge in [0.05, 0.1) is 12.1 Å². The van der Waals surface area contributed by atoms with E-state index in [1.807, 2.05) is 0 Å². The fourth-order valence-corrected chi connectivity index (χ4v) is 0.816. The van der Waals surface area contributed by atoms with Gasteiger partial charge in [-0.15, -0.1) is 0 Å². The molecule has 1 aliphatic rings. The van der Waals surface area contributed by atoms with Gasteiger partial charge in [-0.25, -0.2) is 0 Å². The molecular weight excluding hydrogens is 88.1 g/mol. The molecular formula is C5H10N2. The third kappa shape index (κ3) is 0.981. The largest absolute Gasteiger partial charge is 0.191 e. The van der Waals surface area contributed by atoms with Crippen LogP contribution in [0.5, 0.6) is 0 Å². The molecule has 0 aliphatic carbocycles. The maximum atomic E-state index is 3.94. The zero-order valence-corrected chi connectivity index (χ0v) is 4.76. The van der Waals surface area contributed by atoms with Crippen molar-refractivity contribution in [3.63, 3.8) is 0 Å². The Kier molecular flexibility index (Phi) is 1.09. The molecule has 0 bridgehead atoms. The van der Waals surface area contributed by atoms with Gasteiger partial charge in [-0.1, -0.05) is 0 Å². The Morgan fingerprint density at radius 3 is 1.71 bits per heavy atom. The van der Waals surface area contributed by atoms with E-state index in [2.05, 4.69) is 24.1 Å². The molecule has 40 valence electrons. The summed E-state index contributed by atoms with van der Waals surface area (Å²) in [5.74, 6) is 0. The molecule has 0 aromatic carbocycles. The van der Waals surface area contributed by atoms with Crippen LogP contribution in [-0.4, -0.2) is 12.1 Å². The van der Waals surface area contributed by atoms with Crippen LogP contribution >= 0.6 is 0 Å². The number of rotatable bonds is 0. The van der Waals surface area contributed by atoms with Crippen molar-refractivity contribution < 1.29 is 0 Å². The molecule has 0 aromatic heterocycles. The van der Waals surface area contributed by atoms with Gasteiger partial charge in [-0.3, -0.25) is 0 Å². The molecule has 0 radical (unpaired) electrons. The second-order valence-electron chi connectivity index (χ2n) is 2.16. The molecule has 7 heavy (non-hydrogen) atoms. The highest BCUT2D eigenvalue weighted by Gasteiger charge is 2.11. The van der Waals surface area contributed by atoms with Crippen molar-refractivity contribution in [2.45, 2.75) is 32.4 Å². The second kappa shape index (κ2) is 1.60. The van der Waals surface area contributed by atoms with Gasteiger partial charge in [0.2, 0.25) is 0 Å². The summed E-state index contributed by atoms with van der Waals surface area (Å²) in [6, 6.07) is 0.963. The Morgan fingerprint density at radius 1 is 1.14 bits per heavy atom. The lowest BCUT2D eigenvalue weighted by molar-refractivity contribution is 0.680. The monoisotopic (exact) mass is 98.1 g/mol. The molecule has 0 spiro atoms. The molecule has 0 N–H and O–H groups in total. The highest BCUT2D eigenvalue weighted by molar-refractivity contribution is 4.72. The number of azo groups is 1. The normalized spacial score (nSPS) is 39.7. The predicted molar refractivity (Wildman–Crippen MR) is 28.4 cm³/mol. The van der Waals surface area contributed by atoms with Crippen LogP contribution in [0.1, 0.15) is 20.3 Å². The van der Waals surface area contributed by atoms with Crippen LogP contribution in [0.25, 0.3) is 0 Å². The Morgan fingerprint density at radius 2 is 1.57 bits per heavy atom. The zero-order chi connectivity index (χ0) is 5.28. The summed E-state index contributed by atoms with van der Waals surface area (Å²) in [6.45, 7) is 4.18. The van der Waals surface area contributed by atoms with Crippen molar-refractivity contribution in [3.8, 4) is 0 Å². The average Bonchev–Trinajstić information content (AvgIpc) is 1.87. The molecule has 0 saturated heterocycles. The first-order chi connectivity index (χ1) is 3.29. The lowest BCUT2D eigenvalue weighted by Gasteiger charge is -1.92. The third-order valence-corrected chi connectivity index (χ3v) is 1.14. The number of hydrogen-bond donors (Lipinski definition) is 0. The minimum absolute atomic E-state index is 0.481. The van der Waals surface area contributed by atoms with E-state index in [-0.39, 0.29) is 0 Å². The van der Waals surface area contributed by atoms with E-state index in [0.29, 0.717) is 12.1 Å². The van der Waals surface area contributed by atoms with Gasteiger partial charge < -0.3 is 0 Å². The second-order valence-corrected chi connectivity index (χ2v) is 2.16. The Hall–Kier alpha value is -0.400. The van der Waals surface area contributed by atoms with Gasteiger partial charge in [0, 0.05) is 0 Å². The first-order valence-electron chi connectivity index (χ1n) is 2.69. The Bertz CT molecular complexity index is 78.1. The summed E-state index contributed by atoms with van der Waals surface area (Å²) >= 11 is 0. The van der Waals surface area contributed by atoms with Gasteiger partial charge >= 0.3 is 0 Å². The molecule has 0 saturated carbocycles. The average molecular weight is 98.1 g/mol. The predicted octanol–water partition coefficient (Wildman–Crippen LogP) is 1.62. The molecule has 0 unspecified atom stereocenters. The summed E-state index contributed by atoms with van der Waals surface area (Å²) in [7, 11) is 0. The molecule has 2 heteroatoms. The standard InChI is InChI=1S/C5H10N2/c1-4-3-5(2)7-6-4/h4-5H,3H2,1-2H3/t4-,5+. The fraction of sp³-hybridized carbons (Fsp3) is 1.00. The van der Waals surface area contributed by atoms with Crippen molar-refractivity contribution in [1.82, 2.24) is 0 Å². The van der Waals surface area contributed by atoms with Crippen molar-refractivity contribution in [2.24, 2.45) is 10.2 Å². The molecule has 1 heterocycles. The first-order valence-corrected chi connectivity index (χ1v) is 2.69. The van der Waals surface area contributed by atoms with E-state index in [9.17, 15) is 0 Å². The summed E-state index contributed by atoms with van der Waals surface area (Å²) in [5, 5.41) is 7.88. The fourth-order valence-electron chi connectivity index (χ4n) is 0.816. The summed E-state index contributed by atoms with van der Waals surface area (Å²) in [6.07, 6.45) is 1.14.